The second-order valence-corrected chi connectivity index (χ2v) is 5.59. The van der Waals surface area contributed by atoms with Crippen LogP contribution in [0.25, 0.3) is 0 Å². The monoisotopic (exact) mass is 227 g/mol. The second kappa shape index (κ2) is 6.36. The standard InChI is InChI=1S/C13H25NO2/c1-13(2,11-16)10-14(8-9-15)12-6-4-3-5-7-12/h11-12,15H,3-10H2,1-2H3. The van der Waals surface area contributed by atoms with E-state index >= 15 is 0 Å². The van der Waals surface area contributed by atoms with Gasteiger partial charge in [0.15, 0.2) is 0 Å². The largest absolute Gasteiger partial charge is 0.395 e. The Labute approximate surface area is 98.8 Å². The van der Waals surface area contributed by atoms with Gasteiger partial charge in [-0.05, 0) is 12.8 Å². The van der Waals surface area contributed by atoms with Gasteiger partial charge in [0.25, 0.3) is 0 Å². The van der Waals surface area contributed by atoms with Crippen molar-refractivity contribution in [3.8, 4) is 0 Å². The first-order chi connectivity index (χ1) is 7.59. The molecule has 0 bridgehead atoms. The van der Waals surface area contributed by atoms with Gasteiger partial charge in [-0.1, -0.05) is 33.1 Å². The fraction of sp³-hybridized carbons (Fsp3) is 0.923. The minimum absolute atomic E-state index is 0.186. The number of aliphatic hydroxyl groups is 1. The van der Waals surface area contributed by atoms with Crippen LogP contribution in [-0.2, 0) is 4.79 Å². The predicted octanol–water partition coefficient (Wildman–Crippen LogP) is 1.84. The zero-order valence-electron chi connectivity index (χ0n) is 10.6. The lowest BCUT2D eigenvalue weighted by Gasteiger charge is -2.37. The maximum atomic E-state index is 11.0. The van der Waals surface area contributed by atoms with Crippen LogP contribution in [0.3, 0.4) is 0 Å². The van der Waals surface area contributed by atoms with Crippen LogP contribution < -0.4 is 0 Å². The molecule has 16 heavy (non-hydrogen) atoms. The lowest BCUT2D eigenvalue weighted by Crippen LogP contribution is -2.44. The van der Waals surface area contributed by atoms with Gasteiger partial charge in [0, 0.05) is 24.5 Å². The van der Waals surface area contributed by atoms with Gasteiger partial charge in [0.05, 0.1) is 6.61 Å². The summed E-state index contributed by atoms with van der Waals surface area (Å²) in [6.07, 6.45) is 7.37. The van der Waals surface area contributed by atoms with Gasteiger partial charge in [-0.15, -0.1) is 0 Å². The summed E-state index contributed by atoms with van der Waals surface area (Å²) in [6.45, 7) is 5.58. The molecule has 1 saturated carbocycles. The summed E-state index contributed by atoms with van der Waals surface area (Å²) in [5, 5.41) is 9.11. The van der Waals surface area contributed by atoms with Gasteiger partial charge in [-0.2, -0.15) is 0 Å². The van der Waals surface area contributed by atoms with E-state index in [1.165, 1.54) is 32.1 Å². The van der Waals surface area contributed by atoms with Crippen LogP contribution in [0, 0.1) is 5.41 Å². The highest BCUT2D eigenvalue weighted by atomic mass is 16.3. The number of carbonyl (C=O) groups excluding carboxylic acids is 1. The second-order valence-electron chi connectivity index (χ2n) is 5.59. The van der Waals surface area contributed by atoms with E-state index in [1.54, 1.807) is 0 Å². The van der Waals surface area contributed by atoms with E-state index in [0.717, 1.165) is 12.8 Å². The first kappa shape index (κ1) is 13.7. The molecule has 3 heteroatoms. The quantitative estimate of drug-likeness (QED) is 0.704. The Balaban J connectivity index is 2.54. The number of nitrogens with zero attached hydrogens (tertiary/aromatic N) is 1. The van der Waals surface area contributed by atoms with Gasteiger partial charge >= 0.3 is 0 Å². The zero-order valence-corrected chi connectivity index (χ0v) is 10.6. The molecule has 0 aromatic heterocycles. The molecule has 1 N–H and O–H groups in total. The number of hydrogen-bond acceptors (Lipinski definition) is 3. The Morgan fingerprint density at radius 1 is 1.31 bits per heavy atom. The molecule has 0 spiro atoms. The minimum atomic E-state index is -0.299. The van der Waals surface area contributed by atoms with Gasteiger partial charge in [0.1, 0.15) is 6.29 Å². The molecule has 0 aliphatic heterocycles. The third-order valence-corrected chi connectivity index (χ3v) is 3.41. The number of aldehydes is 1. The van der Waals surface area contributed by atoms with Crippen molar-refractivity contribution in [1.82, 2.24) is 4.90 Å². The highest BCUT2D eigenvalue weighted by molar-refractivity contribution is 5.58. The van der Waals surface area contributed by atoms with Crippen molar-refractivity contribution < 1.29 is 9.90 Å². The van der Waals surface area contributed by atoms with Gasteiger partial charge in [-0.3, -0.25) is 4.90 Å². The molecule has 0 saturated heterocycles. The fourth-order valence-electron chi connectivity index (χ4n) is 2.53. The third kappa shape index (κ3) is 4.22. The van der Waals surface area contributed by atoms with Gasteiger partial charge < -0.3 is 9.90 Å². The van der Waals surface area contributed by atoms with Gasteiger partial charge in [0.2, 0.25) is 0 Å². The summed E-state index contributed by atoms with van der Waals surface area (Å²) in [6, 6.07) is 0.570. The van der Waals surface area contributed by atoms with E-state index in [4.69, 9.17) is 5.11 Å². The number of carbonyl (C=O) groups is 1. The molecule has 0 heterocycles. The maximum absolute atomic E-state index is 11.0. The zero-order chi connectivity index (χ0) is 12.0. The normalized spacial score (nSPS) is 19.0. The average Bonchev–Trinajstić information content (AvgIpc) is 2.29. The van der Waals surface area contributed by atoms with Crippen molar-refractivity contribution >= 4 is 6.29 Å². The van der Waals surface area contributed by atoms with Crippen molar-refractivity contribution in [3.05, 3.63) is 0 Å². The molecule has 0 unspecified atom stereocenters. The average molecular weight is 227 g/mol. The molecule has 0 radical (unpaired) electrons. The molecule has 1 aliphatic rings. The van der Waals surface area contributed by atoms with Crippen LogP contribution in [0.2, 0.25) is 0 Å². The van der Waals surface area contributed by atoms with Crippen molar-refractivity contribution in [2.24, 2.45) is 5.41 Å². The number of hydrogen-bond donors (Lipinski definition) is 1. The van der Waals surface area contributed by atoms with E-state index < -0.39 is 0 Å². The van der Waals surface area contributed by atoms with Crippen LogP contribution in [0.5, 0.6) is 0 Å². The molecular weight excluding hydrogens is 202 g/mol. The van der Waals surface area contributed by atoms with Crippen LogP contribution in [0.15, 0.2) is 0 Å². The Morgan fingerprint density at radius 3 is 2.44 bits per heavy atom. The lowest BCUT2D eigenvalue weighted by atomic mass is 9.90. The van der Waals surface area contributed by atoms with E-state index in [1.807, 2.05) is 13.8 Å². The van der Waals surface area contributed by atoms with Crippen LogP contribution >= 0.6 is 0 Å². The van der Waals surface area contributed by atoms with E-state index in [9.17, 15) is 4.79 Å². The van der Waals surface area contributed by atoms with Crippen molar-refractivity contribution in [1.29, 1.82) is 0 Å². The number of rotatable bonds is 6. The van der Waals surface area contributed by atoms with Crippen molar-refractivity contribution in [2.45, 2.75) is 52.0 Å². The molecule has 1 aliphatic carbocycles. The molecule has 3 nitrogen and oxygen atoms in total. The molecule has 1 fully saturated rings. The number of aliphatic hydroxyl groups excluding tert-OH is 1. The predicted molar refractivity (Wildman–Crippen MR) is 65.4 cm³/mol. The highest BCUT2D eigenvalue weighted by Gasteiger charge is 2.26. The Morgan fingerprint density at radius 2 is 1.94 bits per heavy atom. The molecule has 0 amide bonds. The van der Waals surface area contributed by atoms with Crippen LogP contribution in [0.1, 0.15) is 46.0 Å². The highest BCUT2D eigenvalue weighted by Crippen LogP contribution is 2.25. The smallest absolute Gasteiger partial charge is 0.126 e. The van der Waals surface area contributed by atoms with Crippen molar-refractivity contribution in [3.63, 3.8) is 0 Å². The first-order valence-electron chi connectivity index (χ1n) is 6.40. The summed E-state index contributed by atoms with van der Waals surface area (Å²) >= 11 is 0. The summed E-state index contributed by atoms with van der Waals surface area (Å²) in [7, 11) is 0. The Hall–Kier alpha value is -0.410. The molecule has 1 rings (SSSR count). The lowest BCUT2D eigenvalue weighted by molar-refractivity contribution is -0.116. The first-order valence-corrected chi connectivity index (χ1v) is 6.40. The summed E-state index contributed by atoms with van der Waals surface area (Å²) in [4.78, 5) is 13.3. The maximum Gasteiger partial charge on any atom is 0.126 e. The minimum Gasteiger partial charge on any atom is -0.395 e. The summed E-state index contributed by atoms with van der Waals surface area (Å²) in [5.41, 5.74) is -0.299. The Kier molecular flexibility index (Phi) is 5.42. The Bertz CT molecular complexity index is 210. The van der Waals surface area contributed by atoms with Gasteiger partial charge in [-0.25, -0.2) is 0 Å². The molecule has 0 aromatic carbocycles. The molecule has 0 aromatic rings. The topological polar surface area (TPSA) is 40.5 Å². The van der Waals surface area contributed by atoms with E-state index in [-0.39, 0.29) is 12.0 Å². The summed E-state index contributed by atoms with van der Waals surface area (Å²) in [5.74, 6) is 0. The van der Waals surface area contributed by atoms with Crippen LogP contribution in [0.4, 0.5) is 0 Å². The third-order valence-electron chi connectivity index (χ3n) is 3.41. The SMILES string of the molecule is CC(C)(C=O)CN(CCO)C1CCCCC1. The van der Waals surface area contributed by atoms with Crippen LogP contribution in [-0.4, -0.2) is 42.0 Å². The fourth-order valence-corrected chi connectivity index (χ4v) is 2.53. The summed E-state index contributed by atoms with van der Waals surface area (Å²) < 4.78 is 0. The van der Waals surface area contributed by atoms with E-state index in [0.29, 0.717) is 12.6 Å². The molecular formula is C13H25NO2. The molecule has 0 atom stereocenters. The molecule has 94 valence electrons. The van der Waals surface area contributed by atoms with E-state index in [2.05, 4.69) is 4.90 Å². The van der Waals surface area contributed by atoms with Crippen molar-refractivity contribution in [2.75, 3.05) is 19.7 Å².